The van der Waals surface area contributed by atoms with Gasteiger partial charge in [0.05, 0.1) is 4.92 Å². The molecule has 0 aliphatic carbocycles. The maximum Gasteiger partial charge on any atom is 0.290 e. The molecule has 0 aliphatic rings. The third-order valence-corrected chi connectivity index (χ3v) is 3.19. The van der Waals surface area contributed by atoms with Crippen molar-refractivity contribution in [1.29, 1.82) is 0 Å². The van der Waals surface area contributed by atoms with Gasteiger partial charge in [0.2, 0.25) is 0 Å². The van der Waals surface area contributed by atoms with Crippen LogP contribution in [0.25, 0.3) is 0 Å². The van der Waals surface area contributed by atoms with Gasteiger partial charge in [0, 0.05) is 25.7 Å². The van der Waals surface area contributed by atoms with Crippen molar-refractivity contribution in [2.75, 3.05) is 24.3 Å². The molecule has 23 heavy (non-hydrogen) atoms. The monoisotopic (exact) mass is 335 g/mol. The van der Waals surface area contributed by atoms with Gasteiger partial charge in [-0.25, -0.2) is 9.97 Å². The van der Waals surface area contributed by atoms with Gasteiger partial charge in [-0.2, -0.15) is 0 Å². The van der Waals surface area contributed by atoms with Gasteiger partial charge in [-0.05, 0) is 25.1 Å². The van der Waals surface area contributed by atoms with Crippen molar-refractivity contribution in [1.82, 2.24) is 9.97 Å². The van der Waals surface area contributed by atoms with Gasteiger partial charge >= 0.3 is 0 Å². The van der Waals surface area contributed by atoms with Gasteiger partial charge in [0.25, 0.3) is 11.6 Å². The Balaban J connectivity index is 2.26. The second-order valence-electron chi connectivity index (χ2n) is 4.94. The molecule has 9 heteroatoms. The molecule has 0 radical (unpaired) electrons. The molecule has 2 rings (SSSR count). The lowest BCUT2D eigenvalue weighted by atomic mass is 10.2. The van der Waals surface area contributed by atoms with E-state index in [2.05, 4.69) is 15.3 Å². The van der Waals surface area contributed by atoms with Crippen molar-refractivity contribution in [3.8, 4) is 0 Å². The fraction of sp³-hybridized carbons (Fsp3) is 0.214. The highest BCUT2D eigenvalue weighted by Gasteiger charge is 2.15. The molecule has 120 valence electrons. The summed E-state index contributed by atoms with van der Waals surface area (Å²) in [5, 5.41) is 13.5. The van der Waals surface area contributed by atoms with Crippen molar-refractivity contribution < 1.29 is 9.72 Å². The number of carbonyl (C=O) groups is 1. The van der Waals surface area contributed by atoms with Crippen molar-refractivity contribution in [3.05, 3.63) is 50.8 Å². The summed E-state index contributed by atoms with van der Waals surface area (Å²) in [4.78, 5) is 32.3. The van der Waals surface area contributed by atoms with Gasteiger partial charge in [-0.3, -0.25) is 14.9 Å². The number of halogens is 1. The SMILES string of the molecule is Cc1nc(NC(=O)c2cc(Cl)nc(N(C)C)c2)ccc1[N+](=O)[O-]. The first-order valence-electron chi connectivity index (χ1n) is 6.56. The van der Waals surface area contributed by atoms with E-state index in [9.17, 15) is 14.9 Å². The number of amides is 1. The first kappa shape index (κ1) is 16.6. The zero-order chi connectivity index (χ0) is 17.1. The molecule has 0 saturated carbocycles. The molecule has 0 fully saturated rings. The summed E-state index contributed by atoms with van der Waals surface area (Å²) < 4.78 is 0. The number of nitro groups is 1. The number of rotatable bonds is 4. The highest BCUT2D eigenvalue weighted by Crippen LogP contribution is 2.20. The number of nitrogens with one attached hydrogen (secondary N) is 1. The van der Waals surface area contributed by atoms with Crippen LogP contribution in [-0.4, -0.2) is 34.9 Å². The van der Waals surface area contributed by atoms with Crippen molar-refractivity contribution >= 4 is 34.8 Å². The topological polar surface area (TPSA) is 101 Å². The molecule has 0 saturated heterocycles. The summed E-state index contributed by atoms with van der Waals surface area (Å²) in [5.74, 6) is 0.325. The molecule has 2 aromatic heterocycles. The quantitative estimate of drug-likeness (QED) is 0.523. The van der Waals surface area contributed by atoms with E-state index in [4.69, 9.17) is 11.6 Å². The fourth-order valence-corrected chi connectivity index (χ4v) is 2.05. The third-order valence-electron chi connectivity index (χ3n) is 3.00. The molecule has 0 aromatic carbocycles. The van der Waals surface area contributed by atoms with Crippen molar-refractivity contribution in [2.45, 2.75) is 6.92 Å². The highest BCUT2D eigenvalue weighted by molar-refractivity contribution is 6.30. The fourth-order valence-electron chi connectivity index (χ4n) is 1.85. The van der Waals surface area contributed by atoms with E-state index in [1.807, 2.05) is 0 Å². The molecular formula is C14H14ClN5O3. The molecule has 2 aromatic rings. The van der Waals surface area contributed by atoms with E-state index in [1.54, 1.807) is 25.1 Å². The van der Waals surface area contributed by atoms with Gasteiger partial charge < -0.3 is 10.2 Å². The Morgan fingerprint density at radius 3 is 2.57 bits per heavy atom. The molecule has 2 heterocycles. The first-order chi connectivity index (χ1) is 10.8. The Morgan fingerprint density at radius 2 is 2.00 bits per heavy atom. The van der Waals surface area contributed by atoms with E-state index in [1.165, 1.54) is 25.1 Å². The Bertz CT molecular complexity index is 779. The van der Waals surface area contributed by atoms with E-state index in [0.717, 1.165) is 0 Å². The summed E-state index contributed by atoms with van der Waals surface area (Å²) in [6.07, 6.45) is 0. The first-order valence-corrected chi connectivity index (χ1v) is 6.94. The zero-order valence-electron chi connectivity index (χ0n) is 12.7. The van der Waals surface area contributed by atoms with Crippen molar-refractivity contribution in [2.24, 2.45) is 0 Å². The largest absolute Gasteiger partial charge is 0.363 e. The normalized spacial score (nSPS) is 10.3. The predicted octanol–water partition coefficient (Wildman–Crippen LogP) is 2.66. The van der Waals surface area contributed by atoms with Crippen LogP contribution < -0.4 is 10.2 Å². The summed E-state index contributed by atoms with van der Waals surface area (Å²) in [6.45, 7) is 1.50. The Hall–Kier alpha value is -2.74. The molecule has 1 amide bonds. The summed E-state index contributed by atoms with van der Waals surface area (Å²) in [6, 6.07) is 5.68. The number of carbonyl (C=O) groups excluding carboxylic acids is 1. The Kier molecular flexibility index (Phi) is 4.75. The lowest BCUT2D eigenvalue weighted by molar-refractivity contribution is -0.385. The van der Waals surface area contributed by atoms with Crippen LogP contribution in [-0.2, 0) is 0 Å². The van der Waals surface area contributed by atoms with Gasteiger partial charge in [-0.1, -0.05) is 11.6 Å². The zero-order valence-corrected chi connectivity index (χ0v) is 13.5. The van der Waals surface area contributed by atoms with Crippen molar-refractivity contribution in [3.63, 3.8) is 0 Å². The van der Waals surface area contributed by atoms with Crippen LogP contribution in [0.15, 0.2) is 24.3 Å². The van der Waals surface area contributed by atoms with Crippen LogP contribution in [0.2, 0.25) is 5.15 Å². The minimum absolute atomic E-state index is 0.107. The number of pyridine rings is 2. The number of nitrogens with zero attached hydrogens (tertiary/aromatic N) is 4. The lowest BCUT2D eigenvalue weighted by Gasteiger charge is -2.13. The summed E-state index contributed by atoms with van der Waals surface area (Å²) >= 11 is 5.91. The van der Waals surface area contributed by atoms with Crippen LogP contribution in [0.5, 0.6) is 0 Å². The van der Waals surface area contributed by atoms with Crippen LogP contribution in [0, 0.1) is 17.0 Å². The Labute approximate surface area is 137 Å². The second kappa shape index (κ2) is 6.57. The smallest absolute Gasteiger partial charge is 0.290 e. The van der Waals surface area contributed by atoms with E-state index in [-0.39, 0.29) is 22.4 Å². The lowest BCUT2D eigenvalue weighted by Crippen LogP contribution is -2.16. The van der Waals surface area contributed by atoms with E-state index < -0.39 is 10.8 Å². The number of anilines is 2. The van der Waals surface area contributed by atoms with Gasteiger partial charge in [-0.15, -0.1) is 0 Å². The summed E-state index contributed by atoms with van der Waals surface area (Å²) in [5.41, 5.74) is 0.422. The molecule has 0 bridgehead atoms. The van der Waals surface area contributed by atoms with E-state index in [0.29, 0.717) is 11.4 Å². The average molecular weight is 336 g/mol. The molecule has 0 spiro atoms. The van der Waals surface area contributed by atoms with Crippen LogP contribution in [0.3, 0.4) is 0 Å². The maximum atomic E-state index is 12.3. The van der Waals surface area contributed by atoms with Crippen LogP contribution in [0.1, 0.15) is 16.1 Å². The molecule has 0 aliphatic heterocycles. The molecular weight excluding hydrogens is 322 g/mol. The van der Waals surface area contributed by atoms with Gasteiger partial charge in [0.15, 0.2) is 0 Å². The molecule has 0 atom stereocenters. The Morgan fingerprint density at radius 1 is 1.30 bits per heavy atom. The summed E-state index contributed by atoms with van der Waals surface area (Å²) in [7, 11) is 3.56. The molecule has 1 N–H and O–H groups in total. The minimum Gasteiger partial charge on any atom is -0.363 e. The number of hydrogen-bond acceptors (Lipinski definition) is 6. The number of aromatic nitrogens is 2. The van der Waals surface area contributed by atoms with E-state index >= 15 is 0 Å². The number of aryl methyl sites for hydroxylation is 1. The van der Waals surface area contributed by atoms with Crippen LogP contribution >= 0.6 is 11.6 Å². The minimum atomic E-state index is -0.528. The average Bonchev–Trinajstić information content (AvgIpc) is 2.46. The molecule has 0 unspecified atom stereocenters. The highest BCUT2D eigenvalue weighted by atomic mass is 35.5. The maximum absolute atomic E-state index is 12.3. The van der Waals surface area contributed by atoms with Crippen LogP contribution in [0.4, 0.5) is 17.3 Å². The van der Waals surface area contributed by atoms with Gasteiger partial charge in [0.1, 0.15) is 22.5 Å². The third kappa shape index (κ3) is 3.92. The predicted molar refractivity (Wildman–Crippen MR) is 87.2 cm³/mol. The second-order valence-corrected chi connectivity index (χ2v) is 5.33. The standard InChI is InChI=1S/C14H14ClN5O3/c1-8-10(20(22)23)4-5-12(16-8)18-14(21)9-6-11(15)17-13(7-9)19(2)3/h4-7H,1-3H3,(H,16,18,21). The number of hydrogen-bond donors (Lipinski definition) is 1. The molecule has 8 nitrogen and oxygen atoms in total.